The van der Waals surface area contributed by atoms with Crippen LogP contribution in [0.25, 0.3) is 22.3 Å². The number of hydrogen-bond acceptors (Lipinski definition) is 9. The molecular weight excluding hydrogens is 668 g/mol. The minimum atomic E-state index is -0.534. The number of nitrogens with zero attached hydrogens (tertiary/aromatic N) is 2. The molecule has 0 fully saturated rings. The van der Waals surface area contributed by atoms with Gasteiger partial charge in [0.25, 0.3) is 0 Å². The van der Waals surface area contributed by atoms with Gasteiger partial charge in [0.15, 0.2) is 0 Å². The molecule has 0 radical (unpaired) electrons. The molecular formula is C43H56N4O6. The van der Waals surface area contributed by atoms with Crippen LogP contribution in [-0.2, 0) is 18.0 Å². The molecule has 0 saturated heterocycles. The number of rotatable bonds is 11. The predicted molar refractivity (Wildman–Crippen MR) is 209 cm³/mol. The average molecular weight is 725 g/mol. The lowest BCUT2D eigenvalue weighted by Crippen LogP contribution is -2.42. The van der Waals surface area contributed by atoms with Gasteiger partial charge in [0.1, 0.15) is 55.0 Å². The lowest BCUT2D eigenvalue weighted by molar-refractivity contribution is 0.0480. The van der Waals surface area contributed by atoms with E-state index in [0.717, 1.165) is 69.3 Å². The molecule has 4 aromatic rings. The van der Waals surface area contributed by atoms with E-state index in [2.05, 4.69) is 61.2 Å². The van der Waals surface area contributed by atoms with Crippen LogP contribution in [-0.4, -0.2) is 47.0 Å². The van der Waals surface area contributed by atoms with E-state index in [0.29, 0.717) is 44.0 Å². The molecule has 284 valence electrons. The second-order valence-corrected chi connectivity index (χ2v) is 15.8. The van der Waals surface area contributed by atoms with E-state index in [1.165, 1.54) is 5.56 Å². The molecule has 1 amide bonds. The molecule has 0 bridgehead atoms. The van der Waals surface area contributed by atoms with Gasteiger partial charge in [-0.05, 0) is 107 Å². The fraction of sp³-hybridized carbons (Fsp3) is 0.465. The number of aromatic nitrogens is 2. The van der Waals surface area contributed by atoms with Crippen LogP contribution in [0.15, 0.2) is 60.9 Å². The number of ether oxygens (including phenoxy) is 5. The van der Waals surface area contributed by atoms with Crippen LogP contribution in [0, 0.1) is 25.7 Å². The Morgan fingerprint density at radius 1 is 0.755 bits per heavy atom. The summed E-state index contributed by atoms with van der Waals surface area (Å²) in [7, 11) is 0. The van der Waals surface area contributed by atoms with Gasteiger partial charge in [-0.15, -0.1) is 0 Å². The zero-order valence-corrected chi connectivity index (χ0v) is 32.7. The van der Waals surface area contributed by atoms with Crippen molar-refractivity contribution in [2.45, 2.75) is 106 Å². The number of carbonyl (C=O) groups excluding carboxylic acids is 1. The number of amides is 1. The molecule has 10 nitrogen and oxygen atoms in total. The number of alkyl carbamates (subject to hydrolysis) is 1. The maximum absolute atomic E-state index is 12.2. The summed E-state index contributed by atoms with van der Waals surface area (Å²) in [6, 6.07) is 16.0. The highest BCUT2D eigenvalue weighted by Gasteiger charge is 2.23. The Hall–Kier alpha value is -4.83. The Morgan fingerprint density at radius 2 is 1.25 bits per heavy atom. The molecule has 53 heavy (non-hydrogen) atoms. The standard InChI is InChI=1S/C24H32N2O4.C19H24N2O2/c1-15(2)9-18(26-23(27)30-24(4,5)6)14-28-19-7-8-20-21-10-16(3)25-12-17(21)13-29-22(20)11-19;1-12(2)6-15(20)11-22-16-4-5-17-18-7-13(3)21-9-14(18)10-23-19(17)8-16/h7-8,10-12,15,18H,9,13-14H2,1-6H3,(H,26,27);4-5,7-9,12,15H,6,10-11,20H2,1-3H3/t18-;15-/m11/s1. The molecule has 0 saturated carbocycles. The molecule has 2 aromatic carbocycles. The maximum Gasteiger partial charge on any atom is 0.407 e. The number of pyridine rings is 2. The van der Waals surface area contributed by atoms with E-state index in [1.807, 2.05) is 77.3 Å². The van der Waals surface area contributed by atoms with E-state index in [-0.39, 0.29) is 12.1 Å². The zero-order valence-electron chi connectivity index (χ0n) is 32.7. The number of hydrogen-bond donors (Lipinski definition) is 2. The molecule has 4 heterocycles. The third kappa shape index (κ3) is 11.3. The van der Waals surface area contributed by atoms with Crippen LogP contribution in [0.4, 0.5) is 4.79 Å². The molecule has 2 atom stereocenters. The molecule has 2 aliphatic heterocycles. The highest BCUT2D eigenvalue weighted by atomic mass is 16.6. The molecule has 0 spiro atoms. The van der Waals surface area contributed by atoms with Crippen LogP contribution < -0.4 is 30.0 Å². The van der Waals surface area contributed by atoms with Crippen LogP contribution in [0.1, 0.15) is 83.8 Å². The monoisotopic (exact) mass is 724 g/mol. The lowest BCUT2D eigenvalue weighted by Gasteiger charge is -2.25. The van der Waals surface area contributed by atoms with Gasteiger partial charge in [0, 0.05) is 64.2 Å². The summed E-state index contributed by atoms with van der Waals surface area (Å²) in [6.45, 7) is 20.0. The molecule has 2 aliphatic rings. The summed E-state index contributed by atoms with van der Waals surface area (Å²) in [5.41, 5.74) is 14.2. The topological polar surface area (TPSA) is 127 Å². The van der Waals surface area contributed by atoms with E-state index >= 15 is 0 Å². The van der Waals surface area contributed by atoms with E-state index in [1.54, 1.807) is 0 Å². The third-order valence-corrected chi connectivity index (χ3v) is 8.67. The van der Waals surface area contributed by atoms with Gasteiger partial charge in [-0.1, -0.05) is 27.7 Å². The first-order valence-corrected chi connectivity index (χ1v) is 18.6. The molecule has 2 aromatic heterocycles. The summed E-state index contributed by atoms with van der Waals surface area (Å²) in [4.78, 5) is 20.9. The maximum atomic E-state index is 12.2. The quantitative estimate of drug-likeness (QED) is 0.156. The Morgan fingerprint density at radius 3 is 1.72 bits per heavy atom. The minimum absolute atomic E-state index is 0.0569. The van der Waals surface area contributed by atoms with Gasteiger partial charge >= 0.3 is 6.09 Å². The Balaban J connectivity index is 0.000000211. The van der Waals surface area contributed by atoms with Crippen molar-refractivity contribution in [2.75, 3.05) is 13.2 Å². The van der Waals surface area contributed by atoms with E-state index in [9.17, 15) is 4.79 Å². The first-order valence-electron chi connectivity index (χ1n) is 18.6. The number of nitrogens with two attached hydrogens (primary N) is 1. The van der Waals surface area contributed by atoms with Crippen molar-refractivity contribution in [3.8, 4) is 45.3 Å². The second-order valence-electron chi connectivity index (χ2n) is 15.8. The van der Waals surface area contributed by atoms with Crippen LogP contribution in [0.5, 0.6) is 23.0 Å². The van der Waals surface area contributed by atoms with Gasteiger partial charge in [-0.2, -0.15) is 0 Å². The Bertz CT molecular complexity index is 1870. The highest BCUT2D eigenvalue weighted by molar-refractivity contribution is 5.77. The van der Waals surface area contributed by atoms with Crippen molar-refractivity contribution in [3.05, 3.63) is 83.4 Å². The SMILES string of the molecule is Cc1cc2c(cn1)COc1cc(OC[C@@H](CC(C)C)NC(=O)OC(C)(C)C)ccc1-2.Cc1cc2c(cn1)COc1cc(OC[C@H](N)CC(C)C)ccc1-2. The molecule has 10 heteroatoms. The van der Waals surface area contributed by atoms with Gasteiger partial charge in [-0.3, -0.25) is 9.97 Å². The number of fused-ring (bicyclic) bond motifs is 6. The number of nitrogens with one attached hydrogen (secondary N) is 1. The minimum Gasteiger partial charge on any atom is -0.492 e. The summed E-state index contributed by atoms with van der Waals surface area (Å²) in [5.74, 6) is 4.16. The zero-order chi connectivity index (χ0) is 38.3. The normalized spacial score (nSPS) is 13.8. The van der Waals surface area contributed by atoms with Crippen molar-refractivity contribution < 1.29 is 28.5 Å². The summed E-state index contributed by atoms with van der Waals surface area (Å²) in [5, 5.41) is 2.93. The fourth-order valence-corrected chi connectivity index (χ4v) is 6.37. The highest BCUT2D eigenvalue weighted by Crippen LogP contribution is 2.41. The van der Waals surface area contributed by atoms with Gasteiger partial charge in [0.05, 0.1) is 6.04 Å². The second kappa shape index (κ2) is 17.3. The fourth-order valence-electron chi connectivity index (χ4n) is 6.37. The molecule has 0 aliphatic carbocycles. The first kappa shape index (κ1) is 39.4. The molecule has 3 N–H and O–H groups in total. The Kier molecular flexibility index (Phi) is 12.9. The number of benzene rings is 2. The summed E-state index contributed by atoms with van der Waals surface area (Å²) >= 11 is 0. The first-order chi connectivity index (χ1) is 25.1. The van der Waals surface area contributed by atoms with Crippen molar-refractivity contribution in [2.24, 2.45) is 17.6 Å². The predicted octanol–water partition coefficient (Wildman–Crippen LogP) is 8.97. The largest absolute Gasteiger partial charge is 0.492 e. The van der Waals surface area contributed by atoms with Crippen molar-refractivity contribution in [1.82, 2.24) is 15.3 Å². The van der Waals surface area contributed by atoms with Crippen LogP contribution >= 0.6 is 0 Å². The smallest absolute Gasteiger partial charge is 0.407 e. The lowest BCUT2D eigenvalue weighted by atomic mass is 9.98. The van der Waals surface area contributed by atoms with Gasteiger partial charge < -0.3 is 34.7 Å². The number of carbonyl (C=O) groups is 1. The van der Waals surface area contributed by atoms with Crippen LogP contribution in [0.3, 0.4) is 0 Å². The Labute approximate surface area is 314 Å². The molecule has 6 rings (SSSR count). The van der Waals surface area contributed by atoms with E-state index in [4.69, 9.17) is 29.4 Å². The van der Waals surface area contributed by atoms with Crippen molar-refractivity contribution in [3.63, 3.8) is 0 Å². The third-order valence-electron chi connectivity index (χ3n) is 8.67. The van der Waals surface area contributed by atoms with Gasteiger partial charge in [0.2, 0.25) is 0 Å². The summed E-state index contributed by atoms with van der Waals surface area (Å²) in [6.07, 6.45) is 5.09. The van der Waals surface area contributed by atoms with Crippen molar-refractivity contribution in [1.29, 1.82) is 0 Å². The molecule has 0 unspecified atom stereocenters. The van der Waals surface area contributed by atoms with Crippen molar-refractivity contribution >= 4 is 6.09 Å². The number of aryl methyl sites for hydroxylation is 2. The average Bonchev–Trinajstić information content (AvgIpc) is 3.08. The van der Waals surface area contributed by atoms with Gasteiger partial charge in [-0.25, -0.2) is 4.79 Å². The summed E-state index contributed by atoms with van der Waals surface area (Å²) < 4.78 is 29.0. The van der Waals surface area contributed by atoms with Crippen LogP contribution in [0.2, 0.25) is 0 Å². The van der Waals surface area contributed by atoms with E-state index < -0.39 is 11.7 Å².